The average Bonchev–Trinajstić information content (AvgIpc) is 2.47. The SMILES string of the molecule is C=CP(c1cc(C)c(OC)c(C)c1)c1cc(C)c(OC)c(C)c1. The van der Waals surface area contributed by atoms with Crippen LogP contribution in [0.5, 0.6) is 11.5 Å². The zero-order chi connectivity index (χ0) is 17.1. The number of rotatable bonds is 5. The second kappa shape index (κ2) is 7.19. The van der Waals surface area contributed by atoms with Crippen molar-refractivity contribution in [1.82, 2.24) is 0 Å². The van der Waals surface area contributed by atoms with Gasteiger partial charge in [0.25, 0.3) is 0 Å². The highest BCUT2D eigenvalue weighted by molar-refractivity contribution is 7.75. The zero-order valence-corrected chi connectivity index (χ0v) is 15.8. The lowest BCUT2D eigenvalue weighted by atomic mass is 10.1. The van der Waals surface area contributed by atoms with E-state index < -0.39 is 7.92 Å². The van der Waals surface area contributed by atoms with Gasteiger partial charge in [-0.1, -0.05) is 12.4 Å². The van der Waals surface area contributed by atoms with Crippen LogP contribution in [0.3, 0.4) is 0 Å². The molecule has 122 valence electrons. The van der Waals surface area contributed by atoms with E-state index in [1.807, 2.05) is 0 Å². The molecule has 0 N–H and O–H groups in total. The van der Waals surface area contributed by atoms with Crippen molar-refractivity contribution in [2.24, 2.45) is 0 Å². The summed E-state index contributed by atoms with van der Waals surface area (Å²) in [5, 5.41) is 2.60. The van der Waals surface area contributed by atoms with Gasteiger partial charge in [0.2, 0.25) is 0 Å². The topological polar surface area (TPSA) is 18.5 Å². The molecule has 2 rings (SSSR count). The molecule has 3 heteroatoms. The van der Waals surface area contributed by atoms with Gasteiger partial charge in [-0.3, -0.25) is 0 Å². The molecular formula is C20H25O2P. The Kier molecular flexibility index (Phi) is 5.49. The molecule has 0 aliphatic rings. The minimum atomic E-state index is -0.595. The lowest BCUT2D eigenvalue weighted by molar-refractivity contribution is 0.408. The van der Waals surface area contributed by atoms with Crippen molar-refractivity contribution in [3.63, 3.8) is 0 Å². The normalized spacial score (nSPS) is 10.7. The van der Waals surface area contributed by atoms with Crippen molar-refractivity contribution in [2.75, 3.05) is 14.2 Å². The first kappa shape index (κ1) is 17.6. The Hall–Kier alpha value is -1.79. The van der Waals surface area contributed by atoms with Crippen molar-refractivity contribution in [3.05, 3.63) is 58.9 Å². The summed E-state index contributed by atoms with van der Waals surface area (Å²) >= 11 is 0. The maximum Gasteiger partial charge on any atom is 0.124 e. The van der Waals surface area contributed by atoms with E-state index in [1.54, 1.807) is 14.2 Å². The van der Waals surface area contributed by atoms with Crippen LogP contribution < -0.4 is 20.1 Å². The molecule has 0 fully saturated rings. The van der Waals surface area contributed by atoms with Gasteiger partial charge in [-0.25, -0.2) is 0 Å². The predicted molar refractivity (Wildman–Crippen MR) is 101 cm³/mol. The van der Waals surface area contributed by atoms with Gasteiger partial charge in [-0.05, 0) is 92.7 Å². The van der Waals surface area contributed by atoms with Gasteiger partial charge in [0.05, 0.1) is 14.2 Å². The van der Waals surface area contributed by atoms with Crippen LogP contribution in [-0.2, 0) is 0 Å². The Labute approximate surface area is 140 Å². The Balaban J connectivity index is 2.55. The minimum absolute atomic E-state index is 0.595. The summed E-state index contributed by atoms with van der Waals surface area (Å²) < 4.78 is 11.0. The standard InChI is InChI=1S/C20H25O2P/c1-8-23(17-9-13(2)19(21-6)14(3)10-17)18-11-15(4)20(22-7)16(5)12-18/h8-12H,1H2,2-7H3. The molecule has 0 spiro atoms. The van der Waals surface area contributed by atoms with E-state index in [-0.39, 0.29) is 0 Å². The van der Waals surface area contributed by atoms with Gasteiger partial charge in [-0.2, -0.15) is 0 Å². The first-order chi connectivity index (χ1) is 10.9. The van der Waals surface area contributed by atoms with Crippen LogP contribution in [0, 0.1) is 27.7 Å². The molecule has 0 radical (unpaired) electrons. The fourth-order valence-electron chi connectivity index (χ4n) is 3.14. The molecule has 0 unspecified atom stereocenters. The molecule has 2 aromatic carbocycles. The molecule has 0 saturated carbocycles. The van der Waals surface area contributed by atoms with Gasteiger partial charge in [0, 0.05) is 0 Å². The number of methoxy groups -OCH3 is 2. The minimum Gasteiger partial charge on any atom is -0.496 e. The third kappa shape index (κ3) is 3.43. The van der Waals surface area contributed by atoms with Crippen molar-refractivity contribution >= 4 is 18.5 Å². The molecule has 0 aliphatic carbocycles. The molecule has 0 atom stereocenters. The molecule has 0 bridgehead atoms. The fraction of sp³-hybridized carbons (Fsp3) is 0.300. The molecule has 0 aliphatic heterocycles. The summed E-state index contributed by atoms with van der Waals surface area (Å²) in [6, 6.07) is 8.87. The maximum absolute atomic E-state index is 5.48. The summed E-state index contributed by atoms with van der Waals surface area (Å²) in [6.45, 7) is 12.5. The van der Waals surface area contributed by atoms with Crippen molar-refractivity contribution < 1.29 is 9.47 Å². The molecule has 0 amide bonds. The van der Waals surface area contributed by atoms with Crippen LogP contribution in [0.1, 0.15) is 22.3 Å². The van der Waals surface area contributed by atoms with Gasteiger partial charge in [-0.15, -0.1) is 0 Å². The number of ether oxygens (including phenoxy) is 2. The second-order valence-electron chi connectivity index (χ2n) is 5.78. The molecule has 23 heavy (non-hydrogen) atoms. The Morgan fingerprint density at radius 1 is 0.739 bits per heavy atom. The van der Waals surface area contributed by atoms with E-state index in [0.717, 1.165) is 11.5 Å². The van der Waals surface area contributed by atoms with Crippen LogP contribution in [0.4, 0.5) is 0 Å². The third-order valence-electron chi connectivity index (χ3n) is 4.04. The van der Waals surface area contributed by atoms with Gasteiger partial charge >= 0.3 is 0 Å². The largest absolute Gasteiger partial charge is 0.496 e. The summed E-state index contributed by atoms with van der Waals surface area (Å²) in [7, 11) is 2.85. The molecule has 2 aromatic rings. The van der Waals surface area contributed by atoms with E-state index in [2.05, 4.69) is 64.4 Å². The lowest BCUT2D eigenvalue weighted by Gasteiger charge is -2.20. The van der Waals surface area contributed by atoms with Crippen LogP contribution in [-0.4, -0.2) is 14.2 Å². The van der Waals surface area contributed by atoms with Crippen LogP contribution >= 0.6 is 7.92 Å². The van der Waals surface area contributed by atoms with Gasteiger partial charge < -0.3 is 9.47 Å². The Morgan fingerprint density at radius 2 is 1.04 bits per heavy atom. The zero-order valence-electron chi connectivity index (χ0n) is 14.9. The highest BCUT2D eigenvalue weighted by atomic mass is 31.1. The fourth-order valence-corrected chi connectivity index (χ4v) is 5.19. The van der Waals surface area contributed by atoms with E-state index in [4.69, 9.17) is 9.47 Å². The highest BCUT2D eigenvalue weighted by Crippen LogP contribution is 2.38. The first-order valence-corrected chi connectivity index (χ1v) is 9.06. The summed E-state index contributed by atoms with van der Waals surface area (Å²) in [5.41, 5.74) is 4.66. The Morgan fingerprint density at radius 3 is 1.26 bits per heavy atom. The van der Waals surface area contributed by atoms with Gasteiger partial charge in [0.15, 0.2) is 0 Å². The molecule has 0 saturated heterocycles. The summed E-state index contributed by atoms with van der Waals surface area (Å²) in [5.74, 6) is 4.00. The highest BCUT2D eigenvalue weighted by Gasteiger charge is 2.16. The summed E-state index contributed by atoms with van der Waals surface area (Å²) in [4.78, 5) is 0. The van der Waals surface area contributed by atoms with Crippen LogP contribution in [0.15, 0.2) is 36.7 Å². The van der Waals surface area contributed by atoms with Crippen LogP contribution in [0.2, 0.25) is 0 Å². The van der Waals surface area contributed by atoms with E-state index in [9.17, 15) is 0 Å². The van der Waals surface area contributed by atoms with E-state index in [1.165, 1.54) is 32.9 Å². The lowest BCUT2D eigenvalue weighted by Crippen LogP contribution is -2.13. The monoisotopic (exact) mass is 328 g/mol. The van der Waals surface area contributed by atoms with Crippen LogP contribution in [0.25, 0.3) is 0 Å². The van der Waals surface area contributed by atoms with E-state index >= 15 is 0 Å². The smallest absolute Gasteiger partial charge is 0.124 e. The predicted octanol–water partition coefficient (Wildman–Crippen LogP) is 4.51. The molecule has 0 heterocycles. The Bertz CT molecular complexity index is 629. The average molecular weight is 328 g/mol. The number of hydrogen-bond acceptors (Lipinski definition) is 2. The van der Waals surface area contributed by atoms with E-state index in [0.29, 0.717) is 0 Å². The van der Waals surface area contributed by atoms with Crippen molar-refractivity contribution in [1.29, 1.82) is 0 Å². The van der Waals surface area contributed by atoms with Gasteiger partial charge in [0.1, 0.15) is 11.5 Å². The molecular weight excluding hydrogens is 303 g/mol. The number of aryl methyl sites for hydroxylation is 4. The molecule has 2 nitrogen and oxygen atoms in total. The first-order valence-electron chi connectivity index (χ1n) is 7.65. The number of benzene rings is 2. The van der Waals surface area contributed by atoms with Crippen molar-refractivity contribution in [2.45, 2.75) is 27.7 Å². The second-order valence-corrected chi connectivity index (χ2v) is 7.92. The molecule has 0 aromatic heterocycles. The number of hydrogen-bond donors (Lipinski definition) is 0. The third-order valence-corrected chi connectivity index (χ3v) is 6.03. The maximum atomic E-state index is 5.48. The van der Waals surface area contributed by atoms with Crippen molar-refractivity contribution in [3.8, 4) is 11.5 Å². The summed E-state index contributed by atoms with van der Waals surface area (Å²) in [6.07, 6.45) is 0. The quantitative estimate of drug-likeness (QED) is 0.752.